The minimum absolute atomic E-state index is 0.383. The topological polar surface area (TPSA) is 15.7 Å². The van der Waals surface area contributed by atoms with Gasteiger partial charge in [0.05, 0.1) is 6.10 Å². The molecule has 0 saturated carbocycles. The molecule has 2 fully saturated rings. The molecule has 0 aromatic heterocycles. The first-order chi connectivity index (χ1) is 9.25. The van der Waals surface area contributed by atoms with Crippen LogP contribution in [-0.2, 0) is 4.74 Å². The summed E-state index contributed by atoms with van der Waals surface area (Å²) in [6.45, 7) is 11.7. The lowest BCUT2D eigenvalue weighted by molar-refractivity contribution is 0.0735. The molecule has 0 amide bonds. The molecule has 3 nitrogen and oxygen atoms in total. The third kappa shape index (κ3) is 5.41. The van der Waals surface area contributed by atoms with Crippen LogP contribution in [0.4, 0.5) is 0 Å². The van der Waals surface area contributed by atoms with Crippen LogP contribution in [0.1, 0.15) is 52.4 Å². The van der Waals surface area contributed by atoms with Crippen molar-refractivity contribution in [1.29, 1.82) is 0 Å². The molecule has 2 saturated heterocycles. The zero-order valence-corrected chi connectivity index (χ0v) is 12.9. The van der Waals surface area contributed by atoms with E-state index in [1.807, 2.05) is 0 Å². The Labute approximate surface area is 119 Å². The van der Waals surface area contributed by atoms with Gasteiger partial charge in [-0.15, -0.1) is 0 Å². The molecule has 0 radical (unpaired) electrons. The molecule has 112 valence electrons. The fourth-order valence-corrected chi connectivity index (χ4v) is 3.41. The van der Waals surface area contributed by atoms with E-state index in [-0.39, 0.29) is 0 Å². The normalized spacial score (nSPS) is 26.4. The molecule has 0 aliphatic carbocycles. The van der Waals surface area contributed by atoms with Crippen LogP contribution in [0.2, 0.25) is 0 Å². The Kier molecular flexibility index (Phi) is 6.62. The molecule has 2 heterocycles. The van der Waals surface area contributed by atoms with E-state index in [2.05, 4.69) is 23.6 Å². The van der Waals surface area contributed by atoms with Gasteiger partial charge in [-0.05, 0) is 72.1 Å². The lowest BCUT2D eigenvalue weighted by Gasteiger charge is -2.35. The van der Waals surface area contributed by atoms with Gasteiger partial charge in [0.25, 0.3) is 0 Å². The molecule has 0 aromatic carbocycles. The number of hydrogen-bond donors (Lipinski definition) is 0. The van der Waals surface area contributed by atoms with E-state index in [0.717, 1.165) is 12.6 Å². The Morgan fingerprint density at radius 2 is 1.89 bits per heavy atom. The van der Waals surface area contributed by atoms with E-state index < -0.39 is 0 Å². The number of rotatable bonds is 6. The highest BCUT2D eigenvalue weighted by Crippen LogP contribution is 2.21. The third-order valence-corrected chi connectivity index (χ3v) is 4.46. The predicted octanol–water partition coefficient (Wildman–Crippen LogP) is 2.75. The van der Waals surface area contributed by atoms with Crippen molar-refractivity contribution in [2.45, 2.75) is 64.5 Å². The molecule has 1 atom stereocenters. The molecule has 0 spiro atoms. The Balaban J connectivity index is 1.63. The van der Waals surface area contributed by atoms with Gasteiger partial charge in [0.2, 0.25) is 0 Å². The van der Waals surface area contributed by atoms with E-state index in [0.29, 0.717) is 6.10 Å². The van der Waals surface area contributed by atoms with Gasteiger partial charge in [0.1, 0.15) is 0 Å². The summed E-state index contributed by atoms with van der Waals surface area (Å²) < 4.78 is 5.62. The van der Waals surface area contributed by atoms with Crippen molar-refractivity contribution < 1.29 is 4.74 Å². The van der Waals surface area contributed by atoms with E-state index in [1.165, 1.54) is 71.2 Å². The maximum atomic E-state index is 5.62. The molecule has 0 N–H and O–H groups in total. The molecule has 2 aliphatic heterocycles. The van der Waals surface area contributed by atoms with Crippen molar-refractivity contribution in [2.75, 3.05) is 39.3 Å². The minimum atomic E-state index is 0.383. The molecular formula is C16H32N2O. The van der Waals surface area contributed by atoms with Crippen LogP contribution in [0.3, 0.4) is 0 Å². The van der Waals surface area contributed by atoms with Crippen LogP contribution in [0.25, 0.3) is 0 Å². The van der Waals surface area contributed by atoms with E-state index in [1.54, 1.807) is 0 Å². The summed E-state index contributed by atoms with van der Waals surface area (Å²) in [4.78, 5) is 5.44. The van der Waals surface area contributed by atoms with Crippen LogP contribution in [0.5, 0.6) is 0 Å². The molecule has 2 rings (SSSR count). The van der Waals surface area contributed by atoms with Gasteiger partial charge in [0, 0.05) is 19.2 Å². The average Bonchev–Trinajstić information content (AvgIpc) is 2.59. The van der Waals surface area contributed by atoms with Crippen molar-refractivity contribution in [3.63, 3.8) is 0 Å². The second-order valence-electron chi connectivity index (χ2n) is 6.47. The lowest BCUT2D eigenvalue weighted by atomic mass is 10.0. The van der Waals surface area contributed by atoms with Crippen LogP contribution < -0.4 is 0 Å². The van der Waals surface area contributed by atoms with Gasteiger partial charge in [-0.2, -0.15) is 0 Å². The van der Waals surface area contributed by atoms with Crippen LogP contribution in [0, 0.1) is 0 Å². The van der Waals surface area contributed by atoms with E-state index >= 15 is 0 Å². The Hall–Kier alpha value is -0.120. The summed E-state index contributed by atoms with van der Waals surface area (Å²) in [5, 5.41) is 0. The van der Waals surface area contributed by atoms with Gasteiger partial charge >= 0.3 is 0 Å². The molecule has 1 unspecified atom stereocenters. The monoisotopic (exact) mass is 268 g/mol. The molecule has 0 aromatic rings. The third-order valence-electron chi connectivity index (χ3n) is 4.46. The summed E-state index contributed by atoms with van der Waals surface area (Å²) in [7, 11) is 0. The fourth-order valence-electron chi connectivity index (χ4n) is 3.41. The highest BCUT2D eigenvalue weighted by Gasteiger charge is 2.26. The second kappa shape index (κ2) is 8.23. The number of fused-ring (bicyclic) bond motifs is 1. The predicted molar refractivity (Wildman–Crippen MR) is 80.6 cm³/mol. The summed E-state index contributed by atoms with van der Waals surface area (Å²) in [5.74, 6) is 0. The highest BCUT2D eigenvalue weighted by molar-refractivity contribution is 4.83. The summed E-state index contributed by atoms with van der Waals surface area (Å²) in [5.41, 5.74) is 0. The van der Waals surface area contributed by atoms with Gasteiger partial charge in [-0.1, -0.05) is 6.42 Å². The van der Waals surface area contributed by atoms with Gasteiger partial charge in [-0.3, -0.25) is 4.90 Å². The molecule has 2 aliphatic rings. The fraction of sp³-hybridized carbons (Fsp3) is 1.00. The first-order valence-corrected chi connectivity index (χ1v) is 8.33. The number of unbranched alkanes of at least 4 members (excludes halogenated alkanes) is 1. The first kappa shape index (κ1) is 15.3. The maximum Gasteiger partial charge on any atom is 0.0518 e. The number of ether oxygens (including phenoxy) is 1. The van der Waals surface area contributed by atoms with E-state index in [9.17, 15) is 0 Å². The van der Waals surface area contributed by atoms with Gasteiger partial charge in [0.15, 0.2) is 0 Å². The lowest BCUT2D eigenvalue weighted by Crippen LogP contribution is -2.44. The standard InChI is InChI=1S/C16H32N2O/c1-15(2)19-13-6-5-9-17-10-7-12-18-11-4-3-8-16(18)14-17/h15-16H,3-14H2,1-2H3. The zero-order chi connectivity index (χ0) is 13.5. The van der Waals surface area contributed by atoms with Crippen molar-refractivity contribution in [1.82, 2.24) is 9.80 Å². The van der Waals surface area contributed by atoms with Gasteiger partial charge < -0.3 is 9.64 Å². The number of piperidine rings is 1. The summed E-state index contributed by atoms with van der Waals surface area (Å²) in [6.07, 6.45) is 8.53. The quantitative estimate of drug-likeness (QED) is 0.689. The van der Waals surface area contributed by atoms with Crippen molar-refractivity contribution in [2.24, 2.45) is 0 Å². The van der Waals surface area contributed by atoms with Crippen LogP contribution in [0.15, 0.2) is 0 Å². The van der Waals surface area contributed by atoms with Crippen LogP contribution >= 0.6 is 0 Å². The van der Waals surface area contributed by atoms with Crippen molar-refractivity contribution in [3.05, 3.63) is 0 Å². The molecule has 3 heteroatoms. The first-order valence-electron chi connectivity index (χ1n) is 8.33. The van der Waals surface area contributed by atoms with Crippen LogP contribution in [-0.4, -0.2) is 61.3 Å². The van der Waals surface area contributed by atoms with Crippen molar-refractivity contribution >= 4 is 0 Å². The average molecular weight is 268 g/mol. The largest absolute Gasteiger partial charge is 0.379 e. The highest BCUT2D eigenvalue weighted by atomic mass is 16.5. The minimum Gasteiger partial charge on any atom is -0.379 e. The van der Waals surface area contributed by atoms with E-state index in [4.69, 9.17) is 4.74 Å². The maximum absolute atomic E-state index is 5.62. The number of nitrogens with zero attached hydrogens (tertiary/aromatic N) is 2. The Morgan fingerprint density at radius 1 is 1.05 bits per heavy atom. The van der Waals surface area contributed by atoms with Gasteiger partial charge in [-0.25, -0.2) is 0 Å². The summed E-state index contributed by atoms with van der Waals surface area (Å²) in [6, 6.07) is 0.850. The number of hydrogen-bond acceptors (Lipinski definition) is 3. The molecule has 19 heavy (non-hydrogen) atoms. The van der Waals surface area contributed by atoms with Crippen molar-refractivity contribution in [3.8, 4) is 0 Å². The Bertz CT molecular complexity index is 245. The molecule has 0 bridgehead atoms. The zero-order valence-electron chi connectivity index (χ0n) is 12.9. The SMILES string of the molecule is CC(C)OCCCCN1CCCN2CCCCC2C1. The second-order valence-corrected chi connectivity index (χ2v) is 6.47. The molecular weight excluding hydrogens is 236 g/mol. The Morgan fingerprint density at radius 3 is 2.74 bits per heavy atom. The summed E-state index contributed by atoms with van der Waals surface area (Å²) >= 11 is 0. The smallest absolute Gasteiger partial charge is 0.0518 e.